The quantitative estimate of drug-likeness (QED) is 0.490. The van der Waals surface area contributed by atoms with Crippen LogP contribution in [0, 0.1) is 0 Å². The fourth-order valence-corrected chi connectivity index (χ4v) is 1.67. The molecule has 0 bridgehead atoms. The third-order valence-electron chi connectivity index (χ3n) is 2.23. The third kappa shape index (κ3) is 5.13. The molecule has 0 unspecified atom stereocenters. The fourth-order valence-electron chi connectivity index (χ4n) is 1.38. The minimum atomic E-state index is 0.269. The maximum atomic E-state index is 5.26. The number of nitrogens with one attached hydrogen (secondary N) is 2. The van der Waals surface area contributed by atoms with Crippen LogP contribution in [-0.2, 0) is 0 Å². The summed E-state index contributed by atoms with van der Waals surface area (Å²) in [5.74, 6) is 1.42. The minimum Gasteiger partial charge on any atom is -0.497 e. The van der Waals surface area contributed by atoms with Crippen LogP contribution in [-0.4, -0.2) is 31.6 Å². The van der Waals surface area contributed by atoms with Crippen molar-refractivity contribution < 1.29 is 9.47 Å². The van der Waals surface area contributed by atoms with E-state index in [-0.39, 0.29) is 6.04 Å². The molecule has 0 aliphatic heterocycles. The molecule has 19 heavy (non-hydrogen) atoms. The summed E-state index contributed by atoms with van der Waals surface area (Å²) in [6.07, 6.45) is 1.65. The molecule has 6 heteroatoms. The van der Waals surface area contributed by atoms with Crippen molar-refractivity contribution in [2.45, 2.75) is 19.9 Å². The summed E-state index contributed by atoms with van der Waals surface area (Å²) in [7, 11) is 3.21. The predicted octanol–water partition coefficient (Wildman–Crippen LogP) is 1.91. The Kier molecular flexibility index (Phi) is 6.08. The molecule has 1 aromatic rings. The average molecular weight is 281 g/mol. The second kappa shape index (κ2) is 7.58. The molecule has 0 aliphatic carbocycles. The first kappa shape index (κ1) is 15.2. The highest BCUT2D eigenvalue weighted by molar-refractivity contribution is 7.80. The molecular formula is C13H19N3O2S. The number of methoxy groups -OCH3 is 2. The molecule has 104 valence electrons. The van der Waals surface area contributed by atoms with Gasteiger partial charge >= 0.3 is 0 Å². The average Bonchev–Trinajstić information content (AvgIpc) is 2.38. The lowest BCUT2D eigenvalue weighted by Crippen LogP contribution is -2.36. The maximum Gasteiger partial charge on any atom is 0.187 e. The topological polar surface area (TPSA) is 54.9 Å². The number of rotatable bonds is 5. The minimum absolute atomic E-state index is 0.269. The van der Waals surface area contributed by atoms with Crippen LogP contribution in [0.4, 0.5) is 0 Å². The van der Waals surface area contributed by atoms with Crippen LogP contribution in [0.1, 0.15) is 19.4 Å². The van der Waals surface area contributed by atoms with Gasteiger partial charge < -0.3 is 14.8 Å². The Morgan fingerprint density at radius 3 is 2.63 bits per heavy atom. The summed E-state index contributed by atoms with van der Waals surface area (Å²) < 4.78 is 10.4. The molecule has 0 aromatic heterocycles. The summed E-state index contributed by atoms with van der Waals surface area (Å²) in [6.45, 7) is 4.01. The Hall–Kier alpha value is -1.82. The SMILES string of the molecule is COc1ccc(C=NNC(=S)NC(C)C)c(OC)c1. The van der Waals surface area contributed by atoms with E-state index >= 15 is 0 Å². The van der Waals surface area contributed by atoms with Crippen LogP contribution < -0.4 is 20.2 Å². The van der Waals surface area contributed by atoms with Crippen molar-refractivity contribution in [1.29, 1.82) is 0 Å². The molecule has 2 N–H and O–H groups in total. The molecule has 0 saturated carbocycles. The van der Waals surface area contributed by atoms with Gasteiger partial charge in [0.15, 0.2) is 5.11 Å². The van der Waals surface area contributed by atoms with E-state index < -0.39 is 0 Å². The van der Waals surface area contributed by atoms with Gasteiger partial charge in [-0.05, 0) is 38.2 Å². The van der Waals surface area contributed by atoms with Crippen molar-refractivity contribution in [3.05, 3.63) is 23.8 Å². The van der Waals surface area contributed by atoms with Crippen LogP contribution in [0.3, 0.4) is 0 Å². The summed E-state index contributed by atoms with van der Waals surface area (Å²) in [5, 5.41) is 7.58. The molecule has 0 heterocycles. The van der Waals surface area contributed by atoms with E-state index in [2.05, 4.69) is 15.8 Å². The van der Waals surface area contributed by atoms with E-state index in [1.165, 1.54) is 0 Å². The van der Waals surface area contributed by atoms with Crippen LogP contribution in [0.5, 0.6) is 11.5 Å². The standard InChI is InChI=1S/C13H19N3O2S/c1-9(2)15-13(19)16-14-8-10-5-6-11(17-3)7-12(10)18-4/h5-9H,1-4H3,(H2,15,16,19). The molecule has 0 aliphatic rings. The molecular weight excluding hydrogens is 262 g/mol. The largest absolute Gasteiger partial charge is 0.497 e. The number of nitrogens with zero attached hydrogens (tertiary/aromatic N) is 1. The molecule has 0 spiro atoms. The van der Waals surface area contributed by atoms with Crippen LogP contribution in [0.25, 0.3) is 0 Å². The van der Waals surface area contributed by atoms with E-state index in [1.807, 2.05) is 26.0 Å². The zero-order valence-corrected chi connectivity index (χ0v) is 12.4. The Morgan fingerprint density at radius 2 is 2.05 bits per heavy atom. The smallest absolute Gasteiger partial charge is 0.187 e. The normalized spacial score (nSPS) is 10.6. The van der Waals surface area contributed by atoms with Gasteiger partial charge in [-0.25, -0.2) is 0 Å². The number of ether oxygens (including phenoxy) is 2. The molecule has 0 radical (unpaired) electrons. The summed E-state index contributed by atoms with van der Waals surface area (Å²) >= 11 is 5.06. The Bertz CT molecular complexity index is 461. The van der Waals surface area contributed by atoms with Gasteiger partial charge in [-0.1, -0.05) is 0 Å². The Morgan fingerprint density at radius 1 is 1.32 bits per heavy atom. The third-order valence-corrected chi connectivity index (χ3v) is 2.44. The summed E-state index contributed by atoms with van der Waals surface area (Å²) in [6, 6.07) is 5.77. The van der Waals surface area contributed by atoms with Crippen LogP contribution >= 0.6 is 12.2 Å². The summed E-state index contributed by atoms with van der Waals surface area (Å²) in [4.78, 5) is 0. The van der Waals surface area contributed by atoms with Crippen LogP contribution in [0.2, 0.25) is 0 Å². The van der Waals surface area contributed by atoms with Crippen molar-refractivity contribution in [2.75, 3.05) is 14.2 Å². The van der Waals surface area contributed by atoms with Gasteiger partial charge in [0.25, 0.3) is 0 Å². The van der Waals surface area contributed by atoms with Gasteiger partial charge in [-0.15, -0.1) is 0 Å². The van der Waals surface area contributed by atoms with Crippen molar-refractivity contribution in [3.8, 4) is 11.5 Å². The van der Waals surface area contributed by atoms with E-state index in [1.54, 1.807) is 26.5 Å². The molecule has 0 saturated heterocycles. The highest BCUT2D eigenvalue weighted by atomic mass is 32.1. The van der Waals surface area contributed by atoms with E-state index in [0.29, 0.717) is 10.9 Å². The van der Waals surface area contributed by atoms with Gasteiger partial charge in [0.05, 0.1) is 20.4 Å². The van der Waals surface area contributed by atoms with Crippen molar-refractivity contribution in [3.63, 3.8) is 0 Å². The van der Waals surface area contributed by atoms with Gasteiger partial charge in [0.1, 0.15) is 11.5 Å². The van der Waals surface area contributed by atoms with Crippen LogP contribution in [0.15, 0.2) is 23.3 Å². The first-order valence-electron chi connectivity index (χ1n) is 5.88. The van der Waals surface area contributed by atoms with E-state index in [0.717, 1.165) is 11.3 Å². The zero-order chi connectivity index (χ0) is 14.3. The lowest BCUT2D eigenvalue weighted by Gasteiger charge is -2.10. The second-order valence-electron chi connectivity index (χ2n) is 4.11. The van der Waals surface area contributed by atoms with E-state index in [4.69, 9.17) is 21.7 Å². The lowest BCUT2D eigenvalue weighted by molar-refractivity contribution is 0.394. The molecule has 5 nitrogen and oxygen atoms in total. The van der Waals surface area contributed by atoms with Gasteiger partial charge in [0.2, 0.25) is 0 Å². The monoisotopic (exact) mass is 281 g/mol. The highest BCUT2D eigenvalue weighted by Gasteiger charge is 2.02. The first-order valence-corrected chi connectivity index (χ1v) is 6.29. The number of hydrogen-bond acceptors (Lipinski definition) is 4. The van der Waals surface area contributed by atoms with Gasteiger partial charge in [0, 0.05) is 17.7 Å². The molecule has 0 atom stereocenters. The predicted molar refractivity (Wildman–Crippen MR) is 81.1 cm³/mol. The Balaban J connectivity index is 2.68. The molecule has 1 aromatic carbocycles. The van der Waals surface area contributed by atoms with E-state index in [9.17, 15) is 0 Å². The van der Waals surface area contributed by atoms with Gasteiger partial charge in [-0.2, -0.15) is 5.10 Å². The Labute approximate surface area is 119 Å². The van der Waals surface area contributed by atoms with Crippen molar-refractivity contribution >= 4 is 23.5 Å². The van der Waals surface area contributed by atoms with Gasteiger partial charge in [-0.3, -0.25) is 5.43 Å². The maximum absolute atomic E-state index is 5.26. The number of hydrogen-bond donors (Lipinski definition) is 2. The van der Waals surface area contributed by atoms with Crippen molar-refractivity contribution in [2.24, 2.45) is 5.10 Å². The second-order valence-corrected chi connectivity index (χ2v) is 4.51. The zero-order valence-electron chi connectivity index (χ0n) is 11.6. The summed E-state index contributed by atoms with van der Waals surface area (Å²) in [5.41, 5.74) is 3.58. The lowest BCUT2D eigenvalue weighted by atomic mass is 10.2. The highest BCUT2D eigenvalue weighted by Crippen LogP contribution is 2.22. The number of hydrazone groups is 1. The number of thiocarbonyl (C=S) groups is 1. The number of benzene rings is 1. The molecule has 0 amide bonds. The fraction of sp³-hybridized carbons (Fsp3) is 0.385. The molecule has 1 rings (SSSR count). The van der Waals surface area contributed by atoms with Crippen molar-refractivity contribution in [1.82, 2.24) is 10.7 Å². The molecule has 0 fully saturated rings. The first-order chi connectivity index (χ1) is 9.06.